The summed E-state index contributed by atoms with van der Waals surface area (Å²) in [6.07, 6.45) is 7.74. The third-order valence-corrected chi connectivity index (χ3v) is 6.29. The predicted octanol–water partition coefficient (Wildman–Crippen LogP) is 3.69. The van der Waals surface area contributed by atoms with Crippen molar-refractivity contribution in [2.24, 2.45) is 18.0 Å². The first kappa shape index (κ1) is 23.1. The number of nitrogens with one attached hydrogen (secondary N) is 2. The maximum Gasteiger partial charge on any atom is 0.213 e. The van der Waals surface area contributed by atoms with Crippen LogP contribution in [0.5, 0.6) is 5.88 Å². The van der Waals surface area contributed by atoms with Gasteiger partial charge in [-0.25, -0.2) is 4.98 Å². The van der Waals surface area contributed by atoms with Crippen LogP contribution in [0.1, 0.15) is 62.0 Å². The minimum atomic E-state index is 0.234. The van der Waals surface area contributed by atoms with Gasteiger partial charge in [0.2, 0.25) is 5.88 Å². The molecule has 1 aliphatic rings. The molecule has 3 rings (SSSR count). The maximum atomic E-state index is 6.14. The van der Waals surface area contributed by atoms with Gasteiger partial charge in [-0.2, -0.15) is 5.10 Å². The first-order valence-electron chi connectivity index (χ1n) is 11.4. The molecule has 2 aromatic rings. The maximum absolute atomic E-state index is 6.14. The van der Waals surface area contributed by atoms with Crippen LogP contribution in [-0.2, 0) is 20.0 Å². The summed E-state index contributed by atoms with van der Waals surface area (Å²) in [4.78, 5) is 8.79. The molecule has 31 heavy (non-hydrogen) atoms. The topological polar surface area (TPSA) is 76.4 Å². The van der Waals surface area contributed by atoms with Crippen molar-refractivity contribution in [2.45, 2.75) is 78.5 Å². The van der Waals surface area contributed by atoms with Crippen molar-refractivity contribution in [3.8, 4) is 5.88 Å². The molecule has 0 bridgehead atoms. The average Bonchev–Trinajstić information content (AvgIpc) is 2.99. The zero-order chi connectivity index (χ0) is 22.4. The van der Waals surface area contributed by atoms with Crippen molar-refractivity contribution in [3.63, 3.8) is 0 Å². The van der Waals surface area contributed by atoms with E-state index in [1.54, 1.807) is 7.05 Å². The lowest BCUT2D eigenvalue weighted by Crippen LogP contribution is -2.42. The van der Waals surface area contributed by atoms with Crippen LogP contribution in [0, 0.1) is 19.8 Å². The Labute approximate surface area is 186 Å². The van der Waals surface area contributed by atoms with E-state index in [-0.39, 0.29) is 6.04 Å². The second-order valence-corrected chi connectivity index (χ2v) is 8.95. The van der Waals surface area contributed by atoms with Gasteiger partial charge in [-0.3, -0.25) is 9.67 Å². The van der Waals surface area contributed by atoms with E-state index in [1.165, 1.54) is 24.1 Å². The van der Waals surface area contributed by atoms with Crippen molar-refractivity contribution >= 4 is 5.96 Å². The van der Waals surface area contributed by atoms with Crippen molar-refractivity contribution in [1.82, 2.24) is 25.4 Å². The number of guanidine groups is 1. The summed E-state index contributed by atoms with van der Waals surface area (Å²) in [7, 11) is 3.79. The quantitative estimate of drug-likeness (QED) is 0.522. The lowest BCUT2D eigenvalue weighted by molar-refractivity contribution is 0.130. The Kier molecular flexibility index (Phi) is 7.93. The molecule has 7 nitrogen and oxygen atoms in total. The summed E-state index contributed by atoms with van der Waals surface area (Å²) >= 11 is 0. The molecule has 1 saturated carbocycles. The van der Waals surface area contributed by atoms with Gasteiger partial charge in [-0.15, -0.1) is 0 Å². The fraction of sp³-hybridized carbons (Fsp3) is 0.625. The Bertz CT molecular complexity index is 882. The van der Waals surface area contributed by atoms with Crippen LogP contribution in [0.15, 0.2) is 23.3 Å². The third kappa shape index (κ3) is 6.45. The summed E-state index contributed by atoms with van der Waals surface area (Å²) in [6, 6.07) is 4.28. The molecule has 0 saturated heterocycles. The molecule has 170 valence electrons. The third-order valence-electron chi connectivity index (χ3n) is 6.29. The number of aromatic nitrogens is 3. The zero-order valence-electron chi connectivity index (χ0n) is 19.9. The van der Waals surface area contributed by atoms with Gasteiger partial charge in [0.1, 0.15) is 6.10 Å². The van der Waals surface area contributed by atoms with Gasteiger partial charge >= 0.3 is 0 Å². The minimum absolute atomic E-state index is 0.234. The largest absolute Gasteiger partial charge is 0.474 e. The fourth-order valence-electron chi connectivity index (χ4n) is 4.23. The highest BCUT2D eigenvalue weighted by atomic mass is 16.5. The molecular formula is C24H38N6O. The van der Waals surface area contributed by atoms with Crippen molar-refractivity contribution in [1.29, 1.82) is 0 Å². The highest BCUT2D eigenvalue weighted by molar-refractivity contribution is 5.79. The SMILES string of the molecule is CN=C(NCc1ccnc(OC2CCC(C)CC2)c1)NC(C)Cc1c(C)nn(C)c1C. The van der Waals surface area contributed by atoms with Gasteiger partial charge in [0.25, 0.3) is 0 Å². The molecule has 0 radical (unpaired) electrons. The van der Waals surface area contributed by atoms with Crippen LogP contribution in [0.3, 0.4) is 0 Å². The van der Waals surface area contributed by atoms with Crippen LogP contribution in [0.25, 0.3) is 0 Å². The van der Waals surface area contributed by atoms with Crippen LogP contribution in [0.2, 0.25) is 0 Å². The van der Waals surface area contributed by atoms with E-state index >= 15 is 0 Å². The molecule has 2 heterocycles. The number of hydrogen-bond donors (Lipinski definition) is 2. The molecule has 0 aromatic carbocycles. The summed E-state index contributed by atoms with van der Waals surface area (Å²) in [5.41, 5.74) is 4.73. The smallest absolute Gasteiger partial charge is 0.213 e. The van der Waals surface area contributed by atoms with E-state index in [4.69, 9.17) is 4.74 Å². The molecule has 0 aliphatic heterocycles. The van der Waals surface area contributed by atoms with E-state index in [9.17, 15) is 0 Å². The number of nitrogens with zero attached hydrogens (tertiary/aromatic N) is 4. The molecule has 0 amide bonds. The van der Waals surface area contributed by atoms with Gasteiger partial charge < -0.3 is 15.4 Å². The summed E-state index contributed by atoms with van der Waals surface area (Å²) < 4.78 is 8.09. The van der Waals surface area contributed by atoms with Crippen LogP contribution in [0.4, 0.5) is 0 Å². The monoisotopic (exact) mass is 426 g/mol. The normalized spacial score (nSPS) is 20.4. The van der Waals surface area contributed by atoms with E-state index in [0.717, 1.165) is 48.3 Å². The van der Waals surface area contributed by atoms with Gasteiger partial charge in [-0.1, -0.05) is 6.92 Å². The highest BCUT2D eigenvalue weighted by Crippen LogP contribution is 2.26. The molecule has 1 fully saturated rings. The Hall–Kier alpha value is -2.57. The minimum Gasteiger partial charge on any atom is -0.474 e. The average molecular weight is 427 g/mol. The fourth-order valence-corrected chi connectivity index (χ4v) is 4.23. The van der Waals surface area contributed by atoms with Crippen molar-refractivity contribution < 1.29 is 4.74 Å². The second-order valence-electron chi connectivity index (χ2n) is 8.95. The first-order valence-corrected chi connectivity index (χ1v) is 11.4. The lowest BCUT2D eigenvalue weighted by atomic mass is 9.89. The molecule has 0 spiro atoms. The summed E-state index contributed by atoms with van der Waals surface area (Å²) in [6.45, 7) is 9.34. The van der Waals surface area contributed by atoms with Crippen LogP contribution in [-0.4, -0.2) is 39.9 Å². The Balaban J connectivity index is 1.51. The van der Waals surface area contributed by atoms with E-state index in [0.29, 0.717) is 12.6 Å². The highest BCUT2D eigenvalue weighted by Gasteiger charge is 2.20. The van der Waals surface area contributed by atoms with Gasteiger partial charge in [0.15, 0.2) is 5.96 Å². The van der Waals surface area contributed by atoms with E-state index in [2.05, 4.69) is 53.4 Å². The molecule has 1 unspecified atom stereocenters. The molecule has 1 atom stereocenters. The van der Waals surface area contributed by atoms with Gasteiger partial charge in [0.05, 0.1) is 5.69 Å². The Morgan fingerprint density at radius 1 is 1.29 bits per heavy atom. The van der Waals surface area contributed by atoms with Gasteiger partial charge in [-0.05, 0) is 76.0 Å². The number of pyridine rings is 1. The van der Waals surface area contributed by atoms with E-state index in [1.807, 2.05) is 30.1 Å². The molecule has 2 N–H and O–H groups in total. The molecular weight excluding hydrogens is 388 g/mol. The zero-order valence-corrected chi connectivity index (χ0v) is 19.9. The number of rotatable bonds is 7. The molecule has 7 heteroatoms. The van der Waals surface area contributed by atoms with Gasteiger partial charge in [0, 0.05) is 44.6 Å². The molecule has 1 aliphatic carbocycles. The Morgan fingerprint density at radius 2 is 2.03 bits per heavy atom. The predicted molar refractivity (Wildman–Crippen MR) is 125 cm³/mol. The van der Waals surface area contributed by atoms with Crippen LogP contribution < -0.4 is 15.4 Å². The van der Waals surface area contributed by atoms with Crippen molar-refractivity contribution in [2.75, 3.05) is 7.05 Å². The Morgan fingerprint density at radius 3 is 2.68 bits per heavy atom. The van der Waals surface area contributed by atoms with Crippen LogP contribution >= 0.6 is 0 Å². The molecule has 2 aromatic heterocycles. The first-order chi connectivity index (χ1) is 14.9. The van der Waals surface area contributed by atoms with E-state index < -0.39 is 0 Å². The number of aryl methyl sites for hydroxylation is 2. The lowest BCUT2D eigenvalue weighted by Gasteiger charge is -2.26. The number of hydrogen-bond acceptors (Lipinski definition) is 4. The standard InChI is InChI=1S/C24H38N6O/c1-16-7-9-21(10-8-16)31-23-14-20(11-12-26-23)15-27-24(25-5)28-17(2)13-22-18(3)29-30(6)19(22)4/h11-12,14,16-17,21H,7-10,13,15H2,1-6H3,(H2,25,27,28). The number of ether oxygens (including phenoxy) is 1. The summed E-state index contributed by atoms with van der Waals surface area (Å²) in [5.74, 6) is 2.32. The number of aliphatic imine (C=N–C) groups is 1. The summed E-state index contributed by atoms with van der Waals surface area (Å²) in [5, 5.41) is 11.4. The second kappa shape index (κ2) is 10.6. The van der Waals surface area contributed by atoms with Crippen molar-refractivity contribution in [3.05, 3.63) is 40.8 Å².